The van der Waals surface area contributed by atoms with Gasteiger partial charge in [0.25, 0.3) is 15.9 Å². The summed E-state index contributed by atoms with van der Waals surface area (Å²) >= 11 is 0. The van der Waals surface area contributed by atoms with Gasteiger partial charge in [0.2, 0.25) is 0 Å². The van der Waals surface area contributed by atoms with Crippen molar-refractivity contribution in [1.82, 2.24) is 9.80 Å². The largest absolute Gasteiger partial charge is 0.380 e. The molecule has 0 spiro atoms. The molecule has 1 fully saturated rings. The number of hydrogen-bond donors (Lipinski definition) is 2. The second kappa shape index (κ2) is 10.6. The molecule has 0 radical (unpaired) electrons. The van der Waals surface area contributed by atoms with E-state index in [2.05, 4.69) is 14.9 Å². The molecular weight excluding hydrogens is 493 g/mol. The van der Waals surface area contributed by atoms with E-state index >= 15 is 0 Å². The standard InChI is InChI=1S/C25H25F3N4O3S/c1-31-10-12-32(13-11-31)25(33)18-4-9-22(29-16-17-2-5-19(26)6-3-17)24(14-18)36(34,35)30-23-15-20(27)7-8-21(23)28/h2-9,14-15,29-30H,10-13,16H2,1H3. The highest BCUT2D eigenvalue weighted by Crippen LogP contribution is 2.28. The first-order valence-corrected chi connectivity index (χ1v) is 12.7. The number of hydrogen-bond acceptors (Lipinski definition) is 5. The maximum atomic E-state index is 14.2. The fraction of sp³-hybridized carbons (Fsp3) is 0.240. The van der Waals surface area contributed by atoms with Gasteiger partial charge in [-0.05, 0) is 55.1 Å². The van der Waals surface area contributed by atoms with E-state index in [4.69, 9.17) is 0 Å². The van der Waals surface area contributed by atoms with Crippen molar-refractivity contribution < 1.29 is 26.4 Å². The zero-order chi connectivity index (χ0) is 25.9. The molecule has 1 aliphatic heterocycles. The summed E-state index contributed by atoms with van der Waals surface area (Å²) in [6.45, 7) is 2.52. The van der Waals surface area contributed by atoms with Gasteiger partial charge in [0, 0.05) is 44.4 Å². The molecule has 2 N–H and O–H groups in total. The maximum absolute atomic E-state index is 14.2. The van der Waals surface area contributed by atoms with E-state index in [9.17, 15) is 26.4 Å². The predicted octanol–water partition coefficient (Wildman–Crippen LogP) is 3.90. The summed E-state index contributed by atoms with van der Waals surface area (Å²) in [6.07, 6.45) is 0. The molecule has 0 atom stereocenters. The van der Waals surface area contributed by atoms with Crippen LogP contribution >= 0.6 is 0 Å². The minimum absolute atomic E-state index is 0.138. The predicted molar refractivity (Wildman–Crippen MR) is 131 cm³/mol. The van der Waals surface area contributed by atoms with Crippen LogP contribution in [0.1, 0.15) is 15.9 Å². The van der Waals surface area contributed by atoms with Gasteiger partial charge in [-0.3, -0.25) is 9.52 Å². The van der Waals surface area contributed by atoms with Gasteiger partial charge >= 0.3 is 0 Å². The normalized spacial score (nSPS) is 14.5. The van der Waals surface area contributed by atoms with Crippen LogP contribution in [-0.2, 0) is 16.6 Å². The highest BCUT2D eigenvalue weighted by atomic mass is 32.2. The van der Waals surface area contributed by atoms with Gasteiger partial charge in [-0.2, -0.15) is 0 Å². The summed E-state index contributed by atoms with van der Waals surface area (Å²) in [5.41, 5.74) is 0.405. The first-order chi connectivity index (χ1) is 17.1. The van der Waals surface area contributed by atoms with Crippen LogP contribution in [0.4, 0.5) is 24.5 Å². The molecule has 1 heterocycles. The van der Waals surface area contributed by atoms with Crippen molar-refractivity contribution in [2.45, 2.75) is 11.4 Å². The van der Waals surface area contributed by atoms with Gasteiger partial charge in [-0.15, -0.1) is 0 Å². The van der Waals surface area contributed by atoms with Crippen molar-refractivity contribution in [2.24, 2.45) is 0 Å². The van der Waals surface area contributed by atoms with E-state index in [-0.39, 0.29) is 28.6 Å². The Morgan fingerprint density at radius 2 is 1.53 bits per heavy atom. The van der Waals surface area contributed by atoms with Crippen molar-refractivity contribution >= 4 is 27.3 Å². The minimum atomic E-state index is -4.45. The molecule has 1 saturated heterocycles. The van der Waals surface area contributed by atoms with Gasteiger partial charge < -0.3 is 15.1 Å². The molecule has 0 aromatic heterocycles. The lowest BCUT2D eigenvalue weighted by molar-refractivity contribution is 0.0664. The maximum Gasteiger partial charge on any atom is 0.264 e. The van der Waals surface area contributed by atoms with Gasteiger partial charge in [-0.1, -0.05) is 12.1 Å². The molecule has 3 aromatic rings. The number of halogens is 3. The van der Waals surface area contributed by atoms with Crippen LogP contribution < -0.4 is 10.0 Å². The van der Waals surface area contributed by atoms with Crippen LogP contribution in [0.5, 0.6) is 0 Å². The molecule has 11 heteroatoms. The number of nitrogens with zero attached hydrogens (tertiary/aromatic N) is 2. The number of amides is 1. The highest BCUT2D eigenvalue weighted by molar-refractivity contribution is 7.92. The number of likely N-dealkylation sites (N-methyl/N-ethyl adjacent to an activating group) is 1. The van der Waals surface area contributed by atoms with Crippen LogP contribution in [0.15, 0.2) is 65.6 Å². The Labute approximate surface area is 207 Å². The summed E-state index contributed by atoms with van der Waals surface area (Å²) in [5, 5.41) is 2.98. The molecule has 3 aromatic carbocycles. The minimum Gasteiger partial charge on any atom is -0.380 e. The van der Waals surface area contributed by atoms with Gasteiger partial charge in [0.15, 0.2) is 0 Å². The zero-order valence-electron chi connectivity index (χ0n) is 19.5. The number of benzene rings is 3. The van der Waals surface area contributed by atoms with Gasteiger partial charge in [0.05, 0.1) is 11.4 Å². The van der Waals surface area contributed by atoms with Crippen LogP contribution in [0.2, 0.25) is 0 Å². The monoisotopic (exact) mass is 518 g/mol. The quantitative estimate of drug-likeness (QED) is 0.496. The number of anilines is 2. The van der Waals surface area contributed by atoms with E-state index in [1.54, 1.807) is 17.0 Å². The van der Waals surface area contributed by atoms with E-state index in [0.29, 0.717) is 31.7 Å². The molecule has 1 aliphatic rings. The first-order valence-electron chi connectivity index (χ1n) is 11.2. The summed E-state index contributed by atoms with van der Waals surface area (Å²) in [5.74, 6) is -2.51. The lowest BCUT2D eigenvalue weighted by Gasteiger charge is -2.32. The smallest absolute Gasteiger partial charge is 0.264 e. The molecule has 190 valence electrons. The van der Waals surface area contributed by atoms with E-state index < -0.39 is 33.2 Å². The topological polar surface area (TPSA) is 81.8 Å². The number of rotatable bonds is 7. The first kappa shape index (κ1) is 25.5. The van der Waals surface area contributed by atoms with E-state index in [1.165, 1.54) is 30.3 Å². The number of nitrogens with one attached hydrogen (secondary N) is 2. The summed E-state index contributed by atoms with van der Waals surface area (Å²) in [7, 11) is -2.50. The third-order valence-electron chi connectivity index (χ3n) is 5.88. The molecule has 0 unspecified atom stereocenters. The lowest BCUT2D eigenvalue weighted by atomic mass is 10.1. The van der Waals surface area contributed by atoms with E-state index in [1.807, 2.05) is 7.05 Å². The van der Waals surface area contributed by atoms with Crippen molar-refractivity contribution in [3.63, 3.8) is 0 Å². The molecule has 36 heavy (non-hydrogen) atoms. The molecule has 0 bridgehead atoms. The zero-order valence-corrected chi connectivity index (χ0v) is 20.3. The Bertz CT molecular complexity index is 1360. The van der Waals surface area contributed by atoms with Gasteiger partial charge in [-0.25, -0.2) is 21.6 Å². The Balaban J connectivity index is 1.67. The number of carbonyl (C=O) groups is 1. The molecule has 0 aliphatic carbocycles. The highest BCUT2D eigenvalue weighted by Gasteiger charge is 2.25. The second-order valence-electron chi connectivity index (χ2n) is 8.52. The molecule has 4 rings (SSSR count). The second-order valence-corrected chi connectivity index (χ2v) is 10.2. The fourth-order valence-corrected chi connectivity index (χ4v) is 5.06. The average Bonchev–Trinajstić information content (AvgIpc) is 2.86. The Kier molecular flexibility index (Phi) is 7.51. The molecule has 1 amide bonds. The van der Waals surface area contributed by atoms with Crippen molar-refractivity contribution in [3.05, 3.63) is 89.2 Å². The molecule has 0 saturated carbocycles. The Hall–Kier alpha value is -3.57. The molecular formula is C25H25F3N4O3S. The van der Waals surface area contributed by atoms with Crippen LogP contribution in [0.3, 0.4) is 0 Å². The van der Waals surface area contributed by atoms with Crippen molar-refractivity contribution in [1.29, 1.82) is 0 Å². The van der Waals surface area contributed by atoms with Gasteiger partial charge in [0.1, 0.15) is 22.3 Å². The Morgan fingerprint density at radius 3 is 2.22 bits per heavy atom. The van der Waals surface area contributed by atoms with E-state index in [0.717, 1.165) is 18.2 Å². The summed E-state index contributed by atoms with van der Waals surface area (Å²) in [6, 6.07) is 12.2. The fourth-order valence-electron chi connectivity index (χ4n) is 3.79. The number of carbonyl (C=O) groups excluding carboxylic acids is 1. The van der Waals surface area contributed by atoms with Crippen LogP contribution in [0, 0.1) is 17.5 Å². The van der Waals surface area contributed by atoms with Crippen molar-refractivity contribution in [2.75, 3.05) is 43.3 Å². The molecule has 7 nitrogen and oxygen atoms in total. The summed E-state index contributed by atoms with van der Waals surface area (Å²) in [4.78, 5) is 16.5. The SMILES string of the molecule is CN1CCN(C(=O)c2ccc(NCc3ccc(F)cc3)c(S(=O)(=O)Nc3cc(F)ccc3F)c2)CC1. The number of piperazine rings is 1. The third kappa shape index (κ3) is 5.97. The lowest BCUT2D eigenvalue weighted by Crippen LogP contribution is -2.47. The van der Waals surface area contributed by atoms with Crippen LogP contribution in [-0.4, -0.2) is 57.4 Å². The summed E-state index contributed by atoms with van der Waals surface area (Å²) < 4.78 is 69.8. The average molecular weight is 519 g/mol. The number of sulfonamides is 1. The van der Waals surface area contributed by atoms with Crippen LogP contribution in [0.25, 0.3) is 0 Å². The third-order valence-corrected chi connectivity index (χ3v) is 7.28. The van der Waals surface area contributed by atoms with Crippen molar-refractivity contribution in [3.8, 4) is 0 Å². The Morgan fingerprint density at radius 1 is 0.861 bits per heavy atom.